The first-order chi connectivity index (χ1) is 22.1. The molecular formula is C35H35ClF3N3O4S. The molecule has 1 N–H and O–H groups in total. The summed E-state index contributed by atoms with van der Waals surface area (Å²) in [7, 11) is -4.64. The third-order valence-corrected chi connectivity index (χ3v) is 9.21. The Balaban J connectivity index is 1.87. The van der Waals surface area contributed by atoms with Gasteiger partial charge in [-0.2, -0.15) is 13.2 Å². The van der Waals surface area contributed by atoms with E-state index in [0.717, 1.165) is 17.7 Å². The van der Waals surface area contributed by atoms with Crippen molar-refractivity contribution in [3.05, 3.63) is 131 Å². The van der Waals surface area contributed by atoms with E-state index in [4.69, 9.17) is 11.6 Å². The van der Waals surface area contributed by atoms with Crippen LogP contribution in [0.25, 0.3) is 0 Å². The zero-order valence-corrected chi connectivity index (χ0v) is 27.6. The van der Waals surface area contributed by atoms with Gasteiger partial charge in [0, 0.05) is 18.5 Å². The van der Waals surface area contributed by atoms with Crippen molar-refractivity contribution in [1.29, 1.82) is 0 Å². The van der Waals surface area contributed by atoms with Crippen LogP contribution in [-0.2, 0) is 38.8 Å². The van der Waals surface area contributed by atoms with Crippen LogP contribution >= 0.6 is 11.6 Å². The minimum Gasteiger partial charge on any atom is -0.350 e. The van der Waals surface area contributed by atoms with Gasteiger partial charge in [-0.3, -0.25) is 13.9 Å². The number of halogens is 4. The third kappa shape index (κ3) is 9.36. The number of amides is 2. The summed E-state index contributed by atoms with van der Waals surface area (Å²) in [5, 5.41) is 2.61. The molecular weight excluding hydrogens is 651 g/mol. The maximum atomic E-state index is 14.5. The number of nitrogens with one attached hydrogen (secondary N) is 1. The molecule has 0 aliphatic carbocycles. The second-order valence-corrected chi connectivity index (χ2v) is 14.2. The summed E-state index contributed by atoms with van der Waals surface area (Å²) in [6.45, 7) is 4.33. The number of hydrogen-bond donors (Lipinski definition) is 1. The van der Waals surface area contributed by atoms with Crippen LogP contribution in [0, 0.1) is 0 Å². The molecule has 0 aliphatic rings. The highest BCUT2D eigenvalue weighted by atomic mass is 35.5. The average molecular weight is 686 g/mol. The maximum absolute atomic E-state index is 14.5. The Labute approximate surface area is 278 Å². The Hall–Kier alpha value is -4.35. The van der Waals surface area contributed by atoms with Crippen molar-refractivity contribution in [2.75, 3.05) is 10.8 Å². The molecule has 1 unspecified atom stereocenters. The first kappa shape index (κ1) is 35.5. The highest BCUT2D eigenvalue weighted by Crippen LogP contribution is 2.37. The molecule has 0 heterocycles. The summed E-state index contributed by atoms with van der Waals surface area (Å²) in [6, 6.07) is 26.0. The van der Waals surface area contributed by atoms with Crippen LogP contribution in [0.3, 0.4) is 0 Å². The zero-order chi connectivity index (χ0) is 34.4. The average Bonchev–Trinajstić information content (AvgIpc) is 3.02. The molecule has 47 heavy (non-hydrogen) atoms. The molecule has 4 aromatic rings. The minimum atomic E-state index is -4.82. The molecule has 7 nitrogen and oxygen atoms in total. The smallest absolute Gasteiger partial charge is 0.350 e. The molecule has 0 aliphatic heterocycles. The Bertz CT molecular complexity index is 1780. The number of nitrogens with zero attached hydrogens (tertiary/aromatic N) is 2. The molecule has 2 amide bonds. The molecule has 4 aromatic carbocycles. The van der Waals surface area contributed by atoms with E-state index < -0.39 is 57.4 Å². The highest BCUT2D eigenvalue weighted by Gasteiger charge is 2.38. The van der Waals surface area contributed by atoms with Gasteiger partial charge in [0.1, 0.15) is 12.6 Å². The molecule has 0 saturated carbocycles. The number of benzene rings is 4. The lowest BCUT2D eigenvalue weighted by molar-refractivity contribution is -0.140. The summed E-state index contributed by atoms with van der Waals surface area (Å²) >= 11 is 6.36. The topological polar surface area (TPSA) is 86.8 Å². The second-order valence-electron chi connectivity index (χ2n) is 11.9. The number of rotatable bonds is 11. The Morgan fingerprint density at radius 2 is 1.34 bits per heavy atom. The van der Waals surface area contributed by atoms with Gasteiger partial charge in [0.15, 0.2) is 0 Å². The molecule has 1 atom stereocenters. The van der Waals surface area contributed by atoms with E-state index in [1.807, 2.05) is 6.07 Å². The highest BCUT2D eigenvalue weighted by molar-refractivity contribution is 7.92. The van der Waals surface area contributed by atoms with Gasteiger partial charge in [-0.25, -0.2) is 8.42 Å². The fourth-order valence-corrected chi connectivity index (χ4v) is 6.62. The van der Waals surface area contributed by atoms with Crippen LogP contribution < -0.4 is 9.62 Å². The van der Waals surface area contributed by atoms with Crippen molar-refractivity contribution < 1.29 is 31.2 Å². The second kappa shape index (κ2) is 14.6. The SMILES string of the molecule is CC(C)(C)NC(=O)C(Cc1ccccc1)N(Cc1ccccc1)C(=O)CN(c1cc(C(F)(F)F)ccc1Cl)S(=O)(=O)c1ccccc1. The van der Waals surface area contributed by atoms with E-state index in [9.17, 15) is 31.2 Å². The van der Waals surface area contributed by atoms with Gasteiger partial charge in [0.05, 0.1) is 21.2 Å². The summed E-state index contributed by atoms with van der Waals surface area (Å²) in [5.74, 6) is -1.31. The Morgan fingerprint density at radius 1 is 0.809 bits per heavy atom. The molecule has 248 valence electrons. The van der Waals surface area contributed by atoms with E-state index in [0.29, 0.717) is 15.9 Å². The van der Waals surface area contributed by atoms with Crippen molar-refractivity contribution in [2.24, 2.45) is 0 Å². The van der Waals surface area contributed by atoms with Crippen LogP contribution in [0.15, 0.2) is 114 Å². The predicted octanol–water partition coefficient (Wildman–Crippen LogP) is 7.11. The number of carbonyl (C=O) groups excluding carboxylic acids is 2. The third-order valence-electron chi connectivity index (χ3n) is 7.12. The minimum absolute atomic E-state index is 0.0804. The van der Waals surface area contributed by atoms with Gasteiger partial charge in [-0.05, 0) is 62.2 Å². The van der Waals surface area contributed by atoms with E-state index in [-0.39, 0.29) is 22.9 Å². The molecule has 4 rings (SSSR count). The fourth-order valence-electron chi connectivity index (χ4n) is 4.90. The lowest BCUT2D eigenvalue weighted by Crippen LogP contribution is -2.56. The normalized spacial score (nSPS) is 12.7. The van der Waals surface area contributed by atoms with E-state index in [2.05, 4.69) is 5.32 Å². The zero-order valence-electron chi connectivity index (χ0n) is 26.0. The maximum Gasteiger partial charge on any atom is 0.416 e. The number of carbonyl (C=O) groups is 2. The first-order valence-corrected chi connectivity index (χ1v) is 16.5. The molecule has 0 fully saturated rings. The summed E-state index contributed by atoms with van der Waals surface area (Å²) in [6.07, 6.45) is -4.74. The van der Waals surface area contributed by atoms with Crippen LogP contribution in [0.4, 0.5) is 18.9 Å². The molecule has 0 radical (unpaired) electrons. The Morgan fingerprint density at radius 3 is 1.87 bits per heavy atom. The summed E-state index contributed by atoms with van der Waals surface area (Å²) in [5.41, 5.74) is -0.969. The van der Waals surface area contributed by atoms with Crippen LogP contribution in [0.5, 0.6) is 0 Å². The largest absolute Gasteiger partial charge is 0.416 e. The standard InChI is InChI=1S/C35H35ClF3N3O4S/c1-34(2,3)40-33(44)31(21-25-13-7-4-8-14-25)41(23-26-15-9-5-10-16-26)32(43)24-42(47(45,46)28-17-11-6-12-18-28)30-22-27(35(37,38)39)19-20-29(30)36/h4-20,22,31H,21,23-24H2,1-3H3,(H,40,44). The molecule has 12 heteroatoms. The van der Waals surface area contributed by atoms with Gasteiger partial charge in [0.25, 0.3) is 10.0 Å². The van der Waals surface area contributed by atoms with Crippen molar-refractivity contribution >= 4 is 39.1 Å². The van der Waals surface area contributed by atoms with E-state index >= 15 is 0 Å². The van der Waals surface area contributed by atoms with Gasteiger partial charge in [-0.15, -0.1) is 0 Å². The molecule has 0 aromatic heterocycles. The predicted molar refractivity (Wildman–Crippen MR) is 176 cm³/mol. The summed E-state index contributed by atoms with van der Waals surface area (Å²) < 4.78 is 70.2. The monoisotopic (exact) mass is 685 g/mol. The first-order valence-electron chi connectivity index (χ1n) is 14.7. The van der Waals surface area contributed by atoms with Gasteiger partial charge in [-0.1, -0.05) is 90.5 Å². The van der Waals surface area contributed by atoms with Crippen LogP contribution in [0.2, 0.25) is 5.02 Å². The molecule has 0 saturated heterocycles. The van der Waals surface area contributed by atoms with Crippen molar-refractivity contribution in [1.82, 2.24) is 10.2 Å². The lowest BCUT2D eigenvalue weighted by Gasteiger charge is -2.35. The van der Waals surface area contributed by atoms with Crippen molar-refractivity contribution in [3.8, 4) is 0 Å². The number of sulfonamides is 1. The summed E-state index contributed by atoms with van der Waals surface area (Å²) in [4.78, 5) is 29.4. The van der Waals surface area contributed by atoms with Crippen molar-refractivity contribution in [3.63, 3.8) is 0 Å². The van der Waals surface area contributed by atoms with Crippen LogP contribution in [-0.4, -0.2) is 43.3 Å². The Kier molecular flexibility index (Phi) is 11.0. The number of alkyl halides is 3. The number of hydrogen-bond acceptors (Lipinski definition) is 4. The van der Waals surface area contributed by atoms with E-state index in [1.54, 1.807) is 81.4 Å². The van der Waals surface area contributed by atoms with Gasteiger partial charge >= 0.3 is 6.18 Å². The quantitative estimate of drug-likeness (QED) is 0.182. The molecule has 0 spiro atoms. The number of anilines is 1. The van der Waals surface area contributed by atoms with E-state index in [1.165, 1.54) is 29.2 Å². The fraction of sp³-hybridized carbons (Fsp3) is 0.257. The van der Waals surface area contributed by atoms with Crippen LogP contribution in [0.1, 0.15) is 37.5 Å². The van der Waals surface area contributed by atoms with Gasteiger partial charge < -0.3 is 10.2 Å². The van der Waals surface area contributed by atoms with Crippen molar-refractivity contribution in [2.45, 2.75) is 56.4 Å². The van der Waals surface area contributed by atoms with Gasteiger partial charge in [0.2, 0.25) is 11.8 Å². The lowest BCUT2D eigenvalue weighted by atomic mass is 10.0. The molecule has 0 bridgehead atoms.